The summed E-state index contributed by atoms with van der Waals surface area (Å²) in [7, 11) is 0. The third kappa shape index (κ3) is 6.61. The van der Waals surface area contributed by atoms with Crippen molar-refractivity contribution in [2.75, 3.05) is 6.61 Å². The maximum absolute atomic E-state index is 13.6. The van der Waals surface area contributed by atoms with Crippen LogP contribution in [0, 0.1) is 17.6 Å². The fourth-order valence-electron chi connectivity index (χ4n) is 6.16. The van der Waals surface area contributed by atoms with Crippen LogP contribution < -0.4 is 5.32 Å². The fraction of sp³-hybridized carbons (Fsp3) is 0.400. The van der Waals surface area contributed by atoms with E-state index in [9.17, 15) is 23.5 Å². The molecule has 232 valence electrons. The molecule has 2 aromatic heterocycles. The highest BCUT2D eigenvalue weighted by Gasteiger charge is 2.29. The minimum absolute atomic E-state index is 0.0231. The van der Waals surface area contributed by atoms with Crippen LogP contribution in [0.25, 0.3) is 22.0 Å². The molecule has 1 amide bonds. The van der Waals surface area contributed by atoms with Gasteiger partial charge in [-0.05, 0) is 67.0 Å². The van der Waals surface area contributed by atoms with E-state index in [1.54, 1.807) is 31.2 Å². The van der Waals surface area contributed by atoms with Crippen molar-refractivity contribution in [3.63, 3.8) is 0 Å². The van der Waals surface area contributed by atoms with Crippen LogP contribution in [0.4, 0.5) is 8.78 Å². The van der Waals surface area contributed by atoms with E-state index in [2.05, 4.69) is 10.3 Å². The molecule has 0 saturated heterocycles. The molecular weight excluding hydrogens is 564 g/mol. The number of aromatic nitrogens is 2. The molecule has 0 spiro atoms. The number of nitrogens with zero attached hydrogens (tertiary/aromatic N) is 1. The number of rotatable bonds is 10. The number of fused-ring (bicyclic) bond motifs is 1. The van der Waals surface area contributed by atoms with Gasteiger partial charge in [-0.25, -0.2) is 18.6 Å². The van der Waals surface area contributed by atoms with Crippen molar-refractivity contribution in [3.8, 4) is 17.0 Å². The Labute approximate surface area is 256 Å². The van der Waals surface area contributed by atoms with Crippen LogP contribution >= 0.6 is 0 Å². The number of aromatic amines is 1. The number of nitrogens with one attached hydrogen (secondary N) is 2. The van der Waals surface area contributed by atoms with Crippen molar-refractivity contribution in [3.05, 3.63) is 82.2 Å². The Balaban J connectivity index is 1.54. The van der Waals surface area contributed by atoms with Crippen LogP contribution in [0.15, 0.2) is 42.5 Å². The van der Waals surface area contributed by atoms with Gasteiger partial charge in [0.05, 0.1) is 28.8 Å². The summed E-state index contributed by atoms with van der Waals surface area (Å²) in [6, 6.07) is 10.2. The molecule has 1 aliphatic rings. The number of carbonyl (C=O) groups is 2. The van der Waals surface area contributed by atoms with Crippen molar-refractivity contribution < 1.29 is 28.2 Å². The van der Waals surface area contributed by atoms with Gasteiger partial charge < -0.3 is 20.1 Å². The molecular formula is C35H39F2N3O4. The first-order valence-electron chi connectivity index (χ1n) is 15.4. The van der Waals surface area contributed by atoms with E-state index in [1.165, 1.54) is 38.2 Å². The Morgan fingerprint density at radius 3 is 2.45 bits per heavy atom. The zero-order valence-corrected chi connectivity index (χ0v) is 25.4. The van der Waals surface area contributed by atoms with Gasteiger partial charge in [0, 0.05) is 23.4 Å². The molecule has 1 saturated carbocycles. The van der Waals surface area contributed by atoms with E-state index < -0.39 is 23.5 Å². The van der Waals surface area contributed by atoms with Gasteiger partial charge in [0.2, 0.25) is 0 Å². The fourth-order valence-corrected chi connectivity index (χ4v) is 6.16. The Hall–Kier alpha value is -4.27. The molecule has 2 aromatic carbocycles. The van der Waals surface area contributed by atoms with Crippen LogP contribution in [0.2, 0.25) is 0 Å². The smallest absolute Gasteiger partial charge is 0.340 e. The number of ether oxygens (including phenoxy) is 1. The second-order valence-corrected chi connectivity index (χ2v) is 11.8. The van der Waals surface area contributed by atoms with Gasteiger partial charge in [-0.3, -0.25) is 4.79 Å². The number of amides is 1. The highest BCUT2D eigenvalue weighted by atomic mass is 19.2. The Morgan fingerprint density at radius 2 is 1.80 bits per heavy atom. The maximum Gasteiger partial charge on any atom is 0.340 e. The first-order valence-corrected chi connectivity index (χ1v) is 15.4. The number of carbonyl (C=O) groups excluding carboxylic acids is 2. The summed E-state index contributed by atoms with van der Waals surface area (Å²) in [5.41, 5.74) is 4.28. The highest BCUT2D eigenvalue weighted by Crippen LogP contribution is 2.42. The van der Waals surface area contributed by atoms with Crippen LogP contribution in [0.1, 0.15) is 103 Å². The first kappa shape index (κ1) is 31.2. The minimum Gasteiger partial charge on any atom is -0.494 e. The molecule has 0 aliphatic heterocycles. The summed E-state index contributed by atoms with van der Waals surface area (Å²) in [5, 5.41) is 14.3. The van der Waals surface area contributed by atoms with E-state index >= 15 is 0 Å². The zero-order valence-electron chi connectivity index (χ0n) is 25.4. The van der Waals surface area contributed by atoms with Gasteiger partial charge in [-0.1, -0.05) is 64.2 Å². The molecule has 0 unspecified atom stereocenters. The molecule has 0 radical (unpaired) electrons. The summed E-state index contributed by atoms with van der Waals surface area (Å²) < 4.78 is 32.4. The molecule has 0 bridgehead atoms. The molecule has 4 aromatic rings. The quantitative estimate of drug-likeness (QED) is 0.160. The highest BCUT2D eigenvalue weighted by molar-refractivity contribution is 6.10. The predicted molar refractivity (Wildman–Crippen MR) is 166 cm³/mol. The number of pyridine rings is 1. The molecule has 5 rings (SSSR count). The van der Waals surface area contributed by atoms with Crippen LogP contribution in [0.3, 0.4) is 0 Å². The van der Waals surface area contributed by atoms with Crippen molar-refractivity contribution in [1.82, 2.24) is 15.3 Å². The summed E-state index contributed by atoms with van der Waals surface area (Å²) in [6.07, 6.45) is 7.56. The normalized spacial score (nSPS) is 13.9. The predicted octanol–water partition coefficient (Wildman–Crippen LogP) is 7.96. The lowest BCUT2D eigenvalue weighted by Crippen LogP contribution is -2.22. The van der Waals surface area contributed by atoms with E-state index in [0.717, 1.165) is 24.2 Å². The van der Waals surface area contributed by atoms with Crippen molar-refractivity contribution >= 4 is 22.8 Å². The van der Waals surface area contributed by atoms with Gasteiger partial charge in [0.1, 0.15) is 0 Å². The molecule has 1 aliphatic carbocycles. The van der Waals surface area contributed by atoms with Gasteiger partial charge in [-0.15, -0.1) is 0 Å². The van der Waals surface area contributed by atoms with Crippen LogP contribution in [-0.4, -0.2) is 33.6 Å². The number of benzene rings is 2. The molecule has 2 heterocycles. The number of hydrogen-bond acceptors (Lipinski definition) is 5. The molecule has 9 heteroatoms. The van der Waals surface area contributed by atoms with Gasteiger partial charge in [0.25, 0.3) is 5.91 Å². The average molecular weight is 604 g/mol. The number of H-pyrrole nitrogens is 1. The standard InChI is InChI=1S/C35H39F2N3O4/c1-4-44-35(43)29-27(17-11-21-8-6-5-7-9-21)39-32-30(34(42)40-31(32)20(2)3)28(29)23-12-14-24(15-13-23)33(41)38-19-22-10-16-25(36)26(37)18-22/h10,12-16,18,20-21,40,42H,4-9,11,17,19H2,1-3H3,(H,38,41). The van der Waals surface area contributed by atoms with E-state index in [0.29, 0.717) is 56.8 Å². The number of esters is 1. The lowest BCUT2D eigenvalue weighted by Gasteiger charge is -2.22. The third-order valence-corrected chi connectivity index (χ3v) is 8.46. The molecule has 0 atom stereocenters. The number of halogens is 2. The second-order valence-electron chi connectivity index (χ2n) is 11.8. The largest absolute Gasteiger partial charge is 0.494 e. The number of hydrogen-bond donors (Lipinski definition) is 3. The summed E-state index contributed by atoms with van der Waals surface area (Å²) in [4.78, 5) is 34.6. The van der Waals surface area contributed by atoms with Gasteiger partial charge >= 0.3 is 5.97 Å². The first-order chi connectivity index (χ1) is 21.2. The SMILES string of the molecule is CCOC(=O)c1c(CCC2CCCCC2)nc2c(C(C)C)[nH]c(O)c2c1-c1ccc(C(=O)NCc2ccc(F)c(F)c2)cc1. The zero-order chi connectivity index (χ0) is 31.4. The molecule has 44 heavy (non-hydrogen) atoms. The minimum atomic E-state index is -0.978. The van der Waals surface area contributed by atoms with Crippen molar-refractivity contribution in [2.24, 2.45) is 5.92 Å². The summed E-state index contributed by atoms with van der Waals surface area (Å²) in [6.45, 7) is 5.99. The lowest BCUT2D eigenvalue weighted by atomic mass is 9.84. The Kier molecular flexibility index (Phi) is 9.61. The van der Waals surface area contributed by atoms with Gasteiger partial charge in [0.15, 0.2) is 17.5 Å². The number of aryl methyl sites for hydroxylation is 1. The number of aromatic hydroxyl groups is 1. The van der Waals surface area contributed by atoms with E-state index in [1.807, 2.05) is 13.8 Å². The molecule has 3 N–H and O–H groups in total. The average Bonchev–Trinajstić information content (AvgIpc) is 3.36. The lowest BCUT2D eigenvalue weighted by molar-refractivity contribution is 0.0525. The Bertz CT molecular complexity index is 1660. The van der Waals surface area contributed by atoms with E-state index in [-0.39, 0.29) is 24.9 Å². The topological polar surface area (TPSA) is 104 Å². The third-order valence-electron chi connectivity index (χ3n) is 8.46. The summed E-state index contributed by atoms with van der Waals surface area (Å²) >= 11 is 0. The van der Waals surface area contributed by atoms with Crippen molar-refractivity contribution in [1.29, 1.82) is 0 Å². The summed E-state index contributed by atoms with van der Waals surface area (Å²) in [5.74, 6) is -2.29. The second kappa shape index (κ2) is 13.6. The van der Waals surface area contributed by atoms with Crippen LogP contribution in [0.5, 0.6) is 5.88 Å². The van der Waals surface area contributed by atoms with Crippen molar-refractivity contribution in [2.45, 2.75) is 78.2 Å². The van der Waals surface area contributed by atoms with Crippen LogP contribution in [-0.2, 0) is 17.7 Å². The molecule has 1 fully saturated rings. The van der Waals surface area contributed by atoms with Gasteiger partial charge in [-0.2, -0.15) is 0 Å². The molecule has 7 nitrogen and oxygen atoms in total. The Morgan fingerprint density at radius 1 is 1.07 bits per heavy atom. The van der Waals surface area contributed by atoms with E-state index in [4.69, 9.17) is 9.72 Å². The monoisotopic (exact) mass is 603 g/mol. The maximum atomic E-state index is 13.6.